The van der Waals surface area contributed by atoms with Gasteiger partial charge >= 0.3 is 36.1 Å². The Hall–Kier alpha value is -6.71. The van der Waals surface area contributed by atoms with E-state index in [1.807, 2.05) is 37.3 Å². The molecule has 2 saturated carbocycles. The molecule has 20 heteroatoms. The Balaban J connectivity index is 1.20. The van der Waals surface area contributed by atoms with Crippen molar-refractivity contribution in [2.24, 2.45) is 28.6 Å². The van der Waals surface area contributed by atoms with Gasteiger partial charge in [-0.2, -0.15) is 0 Å². The van der Waals surface area contributed by atoms with Crippen molar-refractivity contribution in [1.29, 1.82) is 0 Å². The largest absolute Gasteiger partial charge is 0.455 e. The van der Waals surface area contributed by atoms with Crippen LogP contribution in [0.1, 0.15) is 103 Å². The number of benzene rings is 3. The Kier molecular flexibility index (Phi) is 18.8. The molecular formula is C59H74N2O18. The molecule has 428 valence electrons. The quantitative estimate of drug-likeness (QED) is 0.0419. The maximum atomic E-state index is 15.8. The van der Waals surface area contributed by atoms with E-state index in [-0.39, 0.29) is 68.3 Å². The second-order valence-corrected chi connectivity index (χ2v) is 22.4. The van der Waals surface area contributed by atoms with Gasteiger partial charge in [0.05, 0.1) is 50.4 Å². The van der Waals surface area contributed by atoms with Crippen molar-refractivity contribution >= 4 is 41.8 Å². The topological polar surface area (TPSA) is 267 Å². The summed E-state index contributed by atoms with van der Waals surface area (Å²) in [6.07, 6.45) is -7.82. The molecule has 79 heavy (non-hydrogen) atoms. The van der Waals surface area contributed by atoms with Crippen LogP contribution in [-0.4, -0.2) is 139 Å². The minimum Gasteiger partial charge on any atom is -0.455 e. The molecule has 4 N–H and O–H groups in total. The van der Waals surface area contributed by atoms with Gasteiger partial charge < -0.3 is 63.5 Å². The first-order valence-corrected chi connectivity index (χ1v) is 26.6. The number of hydrogen-bond acceptors (Lipinski definition) is 18. The summed E-state index contributed by atoms with van der Waals surface area (Å²) in [6, 6.07) is 23.9. The Labute approximate surface area is 460 Å². The summed E-state index contributed by atoms with van der Waals surface area (Å²) in [7, 11) is 0. The second-order valence-electron chi connectivity index (χ2n) is 22.4. The molecule has 3 aromatic carbocycles. The van der Waals surface area contributed by atoms with Crippen LogP contribution in [0.4, 0.5) is 9.59 Å². The van der Waals surface area contributed by atoms with Crippen LogP contribution in [0.3, 0.4) is 0 Å². The van der Waals surface area contributed by atoms with E-state index in [0.29, 0.717) is 0 Å². The number of esters is 4. The Morgan fingerprint density at radius 3 is 2.09 bits per heavy atom. The van der Waals surface area contributed by atoms with Crippen LogP contribution in [0.15, 0.2) is 102 Å². The van der Waals surface area contributed by atoms with Crippen molar-refractivity contribution in [3.05, 3.63) is 119 Å². The SMILES string of the molecule is CC(=O)O[C@@]12CO[C@@H]1C[C@H](C)[C@@]1(C)C(=O)[C@H](CO)C3=C(C)[C@@H](OC(=O)[C@H](OC(=O)COCCOCCNC(=O)OCc4ccccc4)[C@@H](NC(=O)OC(C)(C)C)c4ccccc4)C[C@@](O)([C@@H](OC(=O)c4ccccc4)[C@H]21)C3(C)C. The number of Topliss-reactive ketones (excluding diaryl/α,β-unsaturated/α-hetero) is 1. The number of ketones is 1. The van der Waals surface area contributed by atoms with Crippen LogP contribution in [-0.2, 0) is 68.4 Å². The molecule has 2 bridgehead atoms. The minimum atomic E-state index is -2.31. The van der Waals surface area contributed by atoms with Gasteiger partial charge in [-0.3, -0.25) is 9.59 Å². The number of aliphatic hydroxyl groups excluding tert-OH is 1. The average Bonchev–Trinajstić information content (AvgIpc) is 3.37. The van der Waals surface area contributed by atoms with E-state index in [4.69, 9.17) is 42.6 Å². The molecule has 1 heterocycles. The highest BCUT2D eigenvalue weighted by molar-refractivity contribution is 5.92. The summed E-state index contributed by atoms with van der Waals surface area (Å²) >= 11 is 0. The second kappa shape index (κ2) is 24.8. The maximum Gasteiger partial charge on any atom is 0.408 e. The lowest BCUT2D eigenvalue weighted by atomic mass is 9.42. The zero-order valence-corrected chi connectivity index (χ0v) is 46.3. The zero-order chi connectivity index (χ0) is 57.5. The average molecular weight is 1100 g/mol. The number of aliphatic hydroxyl groups is 2. The Bertz CT molecular complexity index is 2710. The molecule has 3 aromatic rings. The summed E-state index contributed by atoms with van der Waals surface area (Å²) in [5, 5.41) is 30.7. The molecule has 1 saturated heterocycles. The van der Waals surface area contributed by atoms with Crippen LogP contribution in [0.25, 0.3) is 0 Å². The monoisotopic (exact) mass is 1100 g/mol. The third-order valence-corrected chi connectivity index (χ3v) is 15.9. The summed E-state index contributed by atoms with van der Waals surface area (Å²) < 4.78 is 53.1. The van der Waals surface area contributed by atoms with Gasteiger partial charge in [-0.15, -0.1) is 0 Å². The number of carbonyl (C=O) groups excluding carboxylic acids is 7. The fraction of sp³-hybridized carbons (Fsp3) is 0.542. The highest BCUT2D eigenvalue weighted by Gasteiger charge is 2.77. The first-order chi connectivity index (χ1) is 37.4. The van der Waals surface area contributed by atoms with Crippen LogP contribution >= 0.6 is 0 Å². The number of carbonyl (C=O) groups is 7. The van der Waals surface area contributed by atoms with E-state index in [1.54, 1.807) is 97.0 Å². The molecule has 0 radical (unpaired) electrons. The Morgan fingerprint density at radius 1 is 0.848 bits per heavy atom. The van der Waals surface area contributed by atoms with E-state index in [1.165, 1.54) is 19.1 Å². The molecule has 20 nitrogen and oxygen atoms in total. The van der Waals surface area contributed by atoms with E-state index in [9.17, 15) is 34.2 Å². The predicted octanol–water partition coefficient (Wildman–Crippen LogP) is 6.29. The first-order valence-electron chi connectivity index (χ1n) is 26.6. The molecule has 0 aromatic heterocycles. The molecule has 3 aliphatic carbocycles. The van der Waals surface area contributed by atoms with Gasteiger partial charge in [-0.1, -0.05) is 107 Å². The van der Waals surface area contributed by atoms with E-state index in [0.717, 1.165) is 5.56 Å². The lowest BCUT2D eigenvalue weighted by molar-refractivity contribution is -0.340. The lowest BCUT2D eigenvalue weighted by Crippen LogP contribution is -2.80. The number of fused-ring (bicyclic) bond motifs is 5. The number of rotatable bonds is 20. The molecule has 0 spiro atoms. The summed E-state index contributed by atoms with van der Waals surface area (Å²) in [6.45, 7) is 13.1. The van der Waals surface area contributed by atoms with Crippen molar-refractivity contribution in [3.8, 4) is 0 Å². The highest BCUT2D eigenvalue weighted by atomic mass is 16.6. The fourth-order valence-electron chi connectivity index (χ4n) is 11.9. The van der Waals surface area contributed by atoms with Gasteiger partial charge in [0.2, 0.25) is 6.10 Å². The van der Waals surface area contributed by atoms with Crippen molar-refractivity contribution in [3.63, 3.8) is 0 Å². The van der Waals surface area contributed by atoms with Crippen molar-refractivity contribution in [1.82, 2.24) is 10.6 Å². The van der Waals surface area contributed by atoms with Crippen molar-refractivity contribution in [2.45, 2.75) is 129 Å². The molecule has 1 aliphatic heterocycles. The minimum absolute atomic E-state index is 0.00515. The smallest absolute Gasteiger partial charge is 0.408 e. The maximum absolute atomic E-state index is 15.8. The Morgan fingerprint density at radius 2 is 1.48 bits per heavy atom. The number of ether oxygens (including phenoxy) is 9. The molecule has 2 amide bonds. The first kappa shape index (κ1) is 59.9. The zero-order valence-electron chi connectivity index (χ0n) is 46.3. The number of alkyl carbamates (subject to hydrolysis) is 2. The van der Waals surface area contributed by atoms with Crippen LogP contribution in [0.5, 0.6) is 0 Å². The summed E-state index contributed by atoms with van der Waals surface area (Å²) in [4.78, 5) is 98.3. The van der Waals surface area contributed by atoms with Gasteiger partial charge in [0.1, 0.15) is 54.6 Å². The molecule has 3 fully saturated rings. The molecule has 11 atom stereocenters. The number of nitrogens with one attached hydrogen (secondary N) is 2. The summed E-state index contributed by atoms with van der Waals surface area (Å²) in [5.41, 5.74) is -6.33. The van der Waals surface area contributed by atoms with Gasteiger partial charge in [-0.25, -0.2) is 24.0 Å². The molecule has 7 rings (SSSR count). The van der Waals surface area contributed by atoms with Gasteiger partial charge in [0.25, 0.3) is 0 Å². The number of hydrogen-bond donors (Lipinski definition) is 4. The third kappa shape index (κ3) is 12.8. The lowest BCUT2D eigenvalue weighted by Gasteiger charge is -2.68. The van der Waals surface area contributed by atoms with Crippen LogP contribution in [0, 0.1) is 28.6 Å². The highest BCUT2D eigenvalue weighted by Crippen LogP contribution is 2.66. The van der Waals surface area contributed by atoms with Crippen LogP contribution < -0.4 is 10.6 Å². The van der Waals surface area contributed by atoms with Gasteiger partial charge in [0, 0.05) is 30.7 Å². The van der Waals surface area contributed by atoms with E-state index >= 15 is 9.59 Å². The number of amides is 2. The standard InChI is InChI=1S/C59H74N2O18/c1-35-29-43-58(34-74-43,78-37(3)63)48-50(77-51(66)40-23-17-12-18-24-40)59(70)30-42(36(2)45(56(59,7)8)41(31-62)49(65)57(35,48)9)75-52(67)47(46(39-21-15-11-16-22-39)61-54(69)79-55(4,5)6)76-44(64)33-72-28-27-71-26-25-60-53(68)73-32-38-19-13-10-14-20-38/h10-24,35,41-43,46-48,50,62,70H,25-34H2,1-9H3,(H,60,68)(H,61,69)/t35-,41+,42-,43+,46-,47+,48-,50-,57+,58-,59+/m0/s1. The van der Waals surface area contributed by atoms with Crippen molar-refractivity contribution < 1.29 is 86.4 Å². The third-order valence-electron chi connectivity index (χ3n) is 15.9. The van der Waals surface area contributed by atoms with E-state index < -0.39 is 137 Å². The van der Waals surface area contributed by atoms with Gasteiger partial charge in [-0.05, 0) is 74.4 Å². The molecular weight excluding hydrogens is 1020 g/mol. The molecule has 4 aliphatic rings. The normalized spacial score (nSPS) is 27.6. The van der Waals surface area contributed by atoms with Gasteiger partial charge in [0.15, 0.2) is 5.60 Å². The fourth-order valence-corrected chi connectivity index (χ4v) is 11.9. The molecule has 0 unspecified atom stereocenters. The van der Waals surface area contributed by atoms with E-state index in [2.05, 4.69) is 10.6 Å². The summed E-state index contributed by atoms with van der Waals surface area (Å²) in [5.74, 6) is -7.52. The van der Waals surface area contributed by atoms with Crippen molar-refractivity contribution in [2.75, 3.05) is 46.2 Å². The predicted molar refractivity (Wildman–Crippen MR) is 281 cm³/mol. The van der Waals surface area contributed by atoms with Crippen LogP contribution in [0.2, 0.25) is 0 Å².